The minimum Gasteiger partial charge on any atom is -0.385 e. The first-order chi connectivity index (χ1) is 9.38. The molecule has 2 nitrogen and oxygen atoms in total. The van der Waals surface area contributed by atoms with Crippen molar-refractivity contribution in [1.29, 1.82) is 0 Å². The van der Waals surface area contributed by atoms with Crippen molar-refractivity contribution in [3.05, 3.63) is 29.8 Å². The van der Waals surface area contributed by atoms with Crippen LogP contribution in [0.3, 0.4) is 0 Å². The maximum absolute atomic E-state index is 3.54. The van der Waals surface area contributed by atoms with Crippen LogP contribution in [-0.2, 0) is 0 Å². The Labute approximate surface area is 117 Å². The summed E-state index contributed by atoms with van der Waals surface area (Å²) in [6.07, 6.45) is 6.82. The first kappa shape index (κ1) is 13.0. The molecule has 1 fully saturated rings. The molecule has 2 heteroatoms. The Hall–Kier alpha value is -1.02. The Morgan fingerprint density at radius 3 is 3.00 bits per heavy atom. The fourth-order valence-electron chi connectivity index (χ4n) is 3.79. The summed E-state index contributed by atoms with van der Waals surface area (Å²) < 4.78 is 0. The maximum atomic E-state index is 3.54. The Kier molecular flexibility index (Phi) is 4.07. The summed E-state index contributed by atoms with van der Waals surface area (Å²) in [5, 5.41) is 3.54. The maximum Gasteiger partial charge on any atom is 0.0376 e. The van der Waals surface area contributed by atoms with E-state index in [1.807, 2.05) is 0 Å². The molecule has 1 aromatic rings. The van der Waals surface area contributed by atoms with E-state index < -0.39 is 0 Å². The minimum absolute atomic E-state index is 0.726. The molecule has 2 aliphatic heterocycles. The van der Waals surface area contributed by atoms with Crippen molar-refractivity contribution in [2.24, 2.45) is 0 Å². The van der Waals surface area contributed by atoms with E-state index >= 15 is 0 Å². The van der Waals surface area contributed by atoms with Gasteiger partial charge in [-0.15, -0.1) is 0 Å². The van der Waals surface area contributed by atoms with E-state index in [0.29, 0.717) is 0 Å². The predicted molar refractivity (Wildman–Crippen MR) is 81.8 cm³/mol. The van der Waals surface area contributed by atoms with E-state index in [2.05, 4.69) is 41.4 Å². The molecule has 0 saturated carbocycles. The van der Waals surface area contributed by atoms with Crippen molar-refractivity contribution >= 4 is 5.69 Å². The molecule has 3 rings (SSSR count). The van der Waals surface area contributed by atoms with Crippen LogP contribution >= 0.6 is 0 Å². The van der Waals surface area contributed by atoms with Gasteiger partial charge in [0.15, 0.2) is 0 Å². The van der Waals surface area contributed by atoms with E-state index in [9.17, 15) is 0 Å². The lowest BCUT2D eigenvalue weighted by Gasteiger charge is -2.39. The summed E-state index contributed by atoms with van der Waals surface area (Å²) in [4.78, 5) is 2.76. The van der Waals surface area contributed by atoms with Gasteiger partial charge in [0.05, 0.1) is 0 Å². The first-order valence-corrected chi connectivity index (χ1v) is 7.95. The molecule has 0 spiro atoms. The van der Waals surface area contributed by atoms with Gasteiger partial charge < -0.3 is 5.32 Å². The number of likely N-dealkylation sites (tertiary alicyclic amines) is 1. The van der Waals surface area contributed by atoms with Gasteiger partial charge in [-0.2, -0.15) is 0 Å². The summed E-state index contributed by atoms with van der Waals surface area (Å²) >= 11 is 0. The molecular formula is C17H26N2. The molecule has 19 heavy (non-hydrogen) atoms. The Bertz CT molecular complexity index is 415. The van der Waals surface area contributed by atoms with Gasteiger partial charge in [-0.1, -0.05) is 31.5 Å². The van der Waals surface area contributed by atoms with Crippen LogP contribution in [0.4, 0.5) is 5.69 Å². The van der Waals surface area contributed by atoms with Gasteiger partial charge >= 0.3 is 0 Å². The number of benzene rings is 1. The molecule has 0 aliphatic carbocycles. The van der Waals surface area contributed by atoms with Crippen molar-refractivity contribution < 1.29 is 0 Å². The molecule has 1 N–H and O–H groups in total. The molecule has 0 bridgehead atoms. The van der Waals surface area contributed by atoms with Crippen LogP contribution in [0, 0.1) is 0 Å². The molecule has 2 aliphatic rings. The van der Waals surface area contributed by atoms with E-state index in [0.717, 1.165) is 18.5 Å². The second-order valence-corrected chi connectivity index (χ2v) is 6.05. The second kappa shape index (κ2) is 5.96. The fourth-order valence-corrected chi connectivity index (χ4v) is 3.79. The number of fused-ring (bicyclic) bond motifs is 1. The Morgan fingerprint density at radius 2 is 2.11 bits per heavy atom. The number of nitrogens with one attached hydrogen (secondary N) is 1. The summed E-state index contributed by atoms with van der Waals surface area (Å²) in [6, 6.07) is 9.71. The van der Waals surface area contributed by atoms with Crippen molar-refractivity contribution in [3.63, 3.8) is 0 Å². The number of anilines is 1. The third-order valence-corrected chi connectivity index (χ3v) is 4.88. The zero-order chi connectivity index (χ0) is 13.1. The third kappa shape index (κ3) is 2.79. The molecule has 2 atom stereocenters. The molecule has 1 aromatic carbocycles. The zero-order valence-corrected chi connectivity index (χ0v) is 12.1. The predicted octanol–water partition coefficient (Wildman–Crippen LogP) is 3.85. The van der Waals surface area contributed by atoms with Crippen LogP contribution in [0.2, 0.25) is 0 Å². The van der Waals surface area contributed by atoms with Crippen LogP contribution in [0.5, 0.6) is 0 Å². The summed E-state index contributed by atoms with van der Waals surface area (Å²) in [7, 11) is 0. The molecule has 1 saturated heterocycles. The van der Waals surface area contributed by atoms with Crippen molar-refractivity contribution in [2.75, 3.05) is 25.0 Å². The van der Waals surface area contributed by atoms with Gasteiger partial charge in [-0.25, -0.2) is 0 Å². The van der Waals surface area contributed by atoms with Gasteiger partial charge in [-0.3, -0.25) is 4.90 Å². The molecule has 2 heterocycles. The highest BCUT2D eigenvalue weighted by molar-refractivity contribution is 5.54. The van der Waals surface area contributed by atoms with Crippen LogP contribution in [0.15, 0.2) is 24.3 Å². The lowest BCUT2D eigenvalue weighted by atomic mass is 9.89. The lowest BCUT2D eigenvalue weighted by Crippen LogP contribution is -2.42. The van der Waals surface area contributed by atoms with Crippen molar-refractivity contribution in [2.45, 2.75) is 51.0 Å². The van der Waals surface area contributed by atoms with Gasteiger partial charge in [0, 0.05) is 30.7 Å². The van der Waals surface area contributed by atoms with Gasteiger partial charge in [0.25, 0.3) is 0 Å². The average Bonchev–Trinajstić information content (AvgIpc) is 2.48. The molecule has 0 radical (unpaired) electrons. The highest BCUT2D eigenvalue weighted by Gasteiger charge is 2.26. The average molecular weight is 258 g/mol. The molecule has 104 valence electrons. The topological polar surface area (TPSA) is 15.3 Å². The van der Waals surface area contributed by atoms with Crippen LogP contribution < -0.4 is 5.32 Å². The minimum atomic E-state index is 0.726. The molecule has 0 amide bonds. The summed E-state index contributed by atoms with van der Waals surface area (Å²) in [5.41, 5.74) is 2.90. The first-order valence-electron chi connectivity index (χ1n) is 7.95. The number of rotatable bonds is 3. The van der Waals surface area contributed by atoms with Crippen molar-refractivity contribution in [1.82, 2.24) is 4.90 Å². The number of nitrogens with zero attached hydrogens (tertiary/aromatic N) is 1. The van der Waals surface area contributed by atoms with Gasteiger partial charge in [-0.05, 0) is 43.9 Å². The SMILES string of the molecule is CCC1CCCCN1CC1CCNc2ccccc21. The van der Waals surface area contributed by atoms with Gasteiger partial charge in [0.1, 0.15) is 0 Å². The molecule has 2 unspecified atom stereocenters. The number of hydrogen-bond donors (Lipinski definition) is 1. The van der Waals surface area contributed by atoms with E-state index in [1.165, 1.54) is 56.4 Å². The van der Waals surface area contributed by atoms with Crippen molar-refractivity contribution in [3.8, 4) is 0 Å². The second-order valence-electron chi connectivity index (χ2n) is 6.05. The highest BCUT2D eigenvalue weighted by atomic mass is 15.2. The molecular weight excluding hydrogens is 232 g/mol. The zero-order valence-electron chi connectivity index (χ0n) is 12.1. The number of piperidine rings is 1. The summed E-state index contributed by atoms with van der Waals surface area (Å²) in [6.45, 7) is 6.05. The number of para-hydroxylation sites is 1. The lowest BCUT2D eigenvalue weighted by molar-refractivity contribution is 0.133. The van der Waals surface area contributed by atoms with Crippen LogP contribution in [0.1, 0.15) is 50.5 Å². The Morgan fingerprint density at radius 1 is 1.21 bits per heavy atom. The monoisotopic (exact) mass is 258 g/mol. The van der Waals surface area contributed by atoms with E-state index in [4.69, 9.17) is 0 Å². The Balaban J connectivity index is 1.73. The third-order valence-electron chi connectivity index (χ3n) is 4.88. The number of hydrogen-bond acceptors (Lipinski definition) is 2. The van der Waals surface area contributed by atoms with E-state index in [1.54, 1.807) is 0 Å². The smallest absolute Gasteiger partial charge is 0.0376 e. The van der Waals surface area contributed by atoms with E-state index in [-0.39, 0.29) is 0 Å². The van der Waals surface area contributed by atoms with Crippen LogP contribution in [-0.4, -0.2) is 30.6 Å². The quantitative estimate of drug-likeness (QED) is 0.886. The molecule has 0 aromatic heterocycles. The standard InChI is InChI=1S/C17H26N2/c1-2-15-7-5-6-12-19(15)13-14-10-11-18-17-9-4-3-8-16(14)17/h3-4,8-9,14-15,18H,2,5-7,10-13H2,1H3. The van der Waals surface area contributed by atoms with Crippen LogP contribution in [0.25, 0.3) is 0 Å². The fraction of sp³-hybridized carbons (Fsp3) is 0.647. The summed E-state index contributed by atoms with van der Waals surface area (Å²) in [5.74, 6) is 0.726. The largest absolute Gasteiger partial charge is 0.385 e. The highest BCUT2D eigenvalue weighted by Crippen LogP contribution is 2.33. The normalized spacial score (nSPS) is 27.6. The van der Waals surface area contributed by atoms with Gasteiger partial charge in [0.2, 0.25) is 0 Å².